The molecule has 0 unspecified atom stereocenters. The van der Waals surface area contributed by atoms with E-state index in [2.05, 4.69) is 16.0 Å². The minimum absolute atomic E-state index is 0.0247. The molecule has 0 spiro atoms. The summed E-state index contributed by atoms with van der Waals surface area (Å²) >= 11 is 0. The molecule has 142 valence electrons. The molecule has 3 rings (SSSR count). The second-order valence-electron chi connectivity index (χ2n) is 7.07. The van der Waals surface area contributed by atoms with Gasteiger partial charge in [-0.25, -0.2) is 13.4 Å². The van der Waals surface area contributed by atoms with Crippen LogP contribution in [0.1, 0.15) is 24.2 Å². The third-order valence-electron chi connectivity index (χ3n) is 4.98. The fourth-order valence-electron chi connectivity index (χ4n) is 3.62. The molecule has 2 saturated heterocycles. The van der Waals surface area contributed by atoms with Crippen LogP contribution in [0.5, 0.6) is 5.88 Å². The summed E-state index contributed by atoms with van der Waals surface area (Å²) in [5, 5.41) is 0. The number of amides is 1. The lowest BCUT2D eigenvalue weighted by Gasteiger charge is -2.43. The molecule has 0 aromatic carbocycles. The maximum absolute atomic E-state index is 13.0. The molecule has 0 aliphatic carbocycles. The Hall–Kier alpha value is -1.93. The summed E-state index contributed by atoms with van der Waals surface area (Å²) in [5.41, 5.74) is 1.67. The molecule has 0 radical (unpaired) electrons. The van der Waals surface area contributed by atoms with Gasteiger partial charge in [0.05, 0.1) is 24.7 Å². The smallest absolute Gasteiger partial charge is 0.254 e. The summed E-state index contributed by atoms with van der Waals surface area (Å²) in [6.45, 7) is 5.94. The van der Waals surface area contributed by atoms with Crippen molar-refractivity contribution in [2.75, 3.05) is 38.2 Å². The van der Waals surface area contributed by atoms with Crippen molar-refractivity contribution in [3.8, 4) is 5.88 Å². The van der Waals surface area contributed by atoms with E-state index in [1.165, 1.54) is 18.9 Å². The van der Waals surface area contributed by atoms with Gasteiger partial charge in [-0.2, -0.15) is 0 Å². The number of hydrogen-bond donors (Lipinski definition) is 0. The zero-order chi connectivity index (χ0) is 18.9. The van der Waals surface area contributed by atoms with E-state index in [0.717, 1.165) is 0 Å². The Labute approximate surface area is 154 Å². The quantitative estimate of drug-likeness (QED) is 0.726. The van der Waals surface area contributed by atoms with Gasteiger partial charge in [0.2, 0.25) is 5.88 Å². The predicted molar refractivity (Wildman–Crippen MR) is 99.1 cm³/mol. The first-order valence-electron chi connectivity index (χ1n) is 8.69. The lowest BCUT2D eigenvalue weighted by atomic mass is 10.0. The molecule has 0 saturated carbocycles. The molecule has 1 aromatic rings. The number of allylic oxidation sites excluding steroid dienone is 1. The van der Waals surface area contributed by atoms with Crippen molar-refractivity contribution >= 4 is 15.7 Å². The van der Waals surface area contributed by atoms with Gasteiger partial charge in [-0.3, -0.25) is 9.69 Å². The molecule has 7 nitrogen and oxygen atoms in total. The SMILES string of the molecule is COc1cc(C(=O)N2CCN(CC=C(C)C)[C@H]3CS(=O)(=O)C[C@H]32)ccn1. The lowest BCUT2D eigenvalue weighted by molar-refractivity contribution is 0.0368. The average Bonchev–Trinajstić information content (AvgIpc) is 2.94. The third kappa shape index (κ3) is 3.91. The van der Waals surface area contributed by atoms with Gasteiger partial charge >= 0.3 is 0 Å². The van der Waals surface area contributed by atoms with Crippen molar-refractivity contribution in [1.29, 1.82) is 0 Å². The molecule has 2 aliphatic rings. The van der Waals surface area contributed by atoms with Gasteiger partial charge in [0.25, 0.3) is 5.91 Å². The van der Waals surface area contributed by atoms with Crippen LogP contribution >= 0.6 is 0 Å². The second kappa shape index (κ2) is 7.36. The number of piperazine rings is 1. The van der Waals surface area contributed by atoms with Crippen LogP contribution < -0.4 is 4.74 Å². The number of carbonyl (C=O) groups excluding carboxylic acids is 1. The lowest BCUT2D eigenvalue weighted by Crippen LogP contribution is -2.60. The summed E-state index contributed by atoms with van der Waals surface area (Å²) in [6.07, 6.45) is 3.63. The van der Waals surface area contributed by atoms with Crippen molar-refractivity contribution in [2.24, 2.45) is 0 Å². The summed E-state index contributed by atoms with van der Waals surface area (Å²) in [5.74, 6) is 0.336. The molecule has 1 aromatic heterocycles. The van der Waals surface area contributed by atoms with Gasteiger partial charge < -0.3 is 9.64 Å². The third-order valence-corrected chi connectivity index (χ3v) is 6.68. The van der Waals surface area contributed by atoms with Gasteiger partial charge in [-0.1, -0.05) is 11.6 Å². The number of hydrogen-bond acceptors (Lipinski definition) is 6. The van der Waals surface area contributed by atoms with E-state index in [0.29, 0.717) is 31.1 Å². The molecular weight excluding hydrogens is 354 g/mol. The van der Waals surface area contributed by atoms with E-state index >= 15 is 0 Å². The molecule has 0 N–H and O–H groups in total. The molecule has 3 heterocycles. The number of sulfone groups is 1. The fraction of sp³-hybridized carbons (Fsp3) is 0.556. The van der Waals surface area contributed by atoms with Crippen LogP contribution in [0, 0.1) is 0 Å². The first kappa shape index (κ1) is 18.8. The minimum Gasteiger partial charge on any atom is -0.481 e. The summed E-state index contributed by atoms with van der Waals surface area (Å²) in [6, 6.07) is 2.76. The molecule has 2 aliphatic heterocycles. The van der Waals surface area contributed by atoms with E-state index in [1.807, 2.05) is 13.8 Å². The number of methoxy groups -OCH3 is 1. The Morgan fingerprint density at radius 2 is 2.04 bits per heavy atom. The monoisotopic (exact) mass is 379 g/mol. The largest absolute Gasteiger partial charge is 0.481 e. The molecule has 1 amide bonds. The Balaban J connectivity index is 1.85. The first-order chi connectivity index (χ1) is 12.3. The zero-order valence-electron chi connectivity index (χ0n) is 15.4. The Kier molecular flexibility index (Phi) is 5.34. The highest BCUT2D eigenvalue weighted by atomic mass is 32.2. The van der Waals surface area contributed by atoms with Crippen LogP contribution in [0.4, 0.5) is 0 Å². The number of nitrogens with zero attached hydrogens (tertiary/aromatic N) is 3. The van der Waals surface area contributed by atoms with Crippen molar-refractivity contribution in [3.05, 3.63) is 35.5 Å². The van der Waals surface area contributed by atoms with Crippen LogP contribution in [0.15, 0.2) is 30.0 Å². The van der Waals surface area contributed by atoms with Crippen LogP contribution in [-0.2, 0) is 9.84 Å². The van der Waals surface area contributed by atoms with Crippen LogP contribution in [0.3, 0.4) is 0 Å². The van der Waals surface area contributed by atoms with Gasteiger partial charge in [-0.05, 0) is 19.9 Å². The molecule has 0 bridgehead atoms. The second-order valence-corrected chi connectivity index (χ2v) is 9.23. The standard InChI is InChI=1S/C18H25N3O4S/c1-13(2)5-7-20-8-9-21(16-12-26(23,24)11-15(16)20)18(22)14-4-6-19-17(10-14)25-3/h4-6,10,15-16H,7-9,11-12H2,1-3H3/t15-,16+/m0/s1. The molecule has 8 heteroatoms. The minimum atomic E-state index is -3.16. The summed E-state index contributed by atoms with van der Waals surface area (Å²) < 4.78 is 29.6. The zero-order valence-corrected chi connectivity index (χ0v) is 16.2. The number of carbonyl (C=O) groups is 1. The molecule has 2 atom stereocenters. The fourth-order valence-corrected chi connectivity index (χ4v) is 5.64. The topological polar surface area (TPSA) is 79.8 Å². The van der Waals surface area contributed by atoms with Crippen LogP contribution in [-0.4, -0.2) is 79.4 Å². The van der Waals surface area contributed by atoms with E-state index in [4.69, 9.17) is 4.74 Å². The number of fused-ring (bicyclic) bond motifs is 1. The normalized spacial score (nSPS) is 24.8. The van der Waals surface area contributed by atoms with Gasteiger partial charge in [0.15, 0.2) is 9.84 Å². The van der Waals surface area contributed by atoms with Crippen molar-refractivity contribution in [3.63, 3.8) is 0 Å². The Morgan fingerprint density at radius 3 is 2.73 bits per heavy atom. The highest BCUT2D eigenvalue weighted by molar-refractivity contribution is 7.91. The van der Waals surface area contributed by atoms with E-state index < -0.39 is 9.84 Å². The van der Waals surface area contributed by atoms with Crippen molar-refractivity contribution < 1.29 is 17.9 Å². The number of rotatable bonds is 4. The number of ether oxygens (including phenoxy) is 1. The summed E-state index contributed by atoms with van der Waals surface area (Å²) in [7, 11) is -1.66. The maximum atomic E-state index is 13.0. The first-order valence-corrected chi connectivity index (χ1v) is 10.5. The predicted octanol–water partition coefficient (Wildman–Crippen LogP) is 0.980. The van der Waals surface area contributed by atoms with Crippen LogP contribution in [0.25, 0.3) is 0 Å². The molecule has 26 heavy (non-hydrogen) atoms. The van der Waals surface area contributed by atoms with E-state index in [9.17, 15) is 13.2 Å². The van der Waals surface area contributed by atoms with Crippen molar-refractivity contribution in [2.45, 2.75) is 25.9 Å². The highest BCUT2D eigenvalue weighted by Gasteiger charge is 2.47. The number of aromatic nitrogens is 1. The molecular formula is C18H25N3O4S. The van der Waals surface area contributed by atoms with Gasteiger partial charge in [-0.15, -0.1) is 0 Å². The van der Waals surface area contributed by atoms with E-state index in [-0.39, 0.29) is 29.5 Å². The molecule has 2 fully saturated rings. The summed E-state index contributed by atoms with van der Waals surface area (Å²) in [4.78, 5) is 20.9. The van der Waals surface area contributed by atoms with Crippen molar-refractivity contribution in [1.82, 2.24) is 14.8 Å². The van der Waals surface area contributed by atoms with Crippen LogP contribution in [0.2, 0.25) is 0 Å². The van der Waals surface area contributed by atoms with Gasteiger partial charge in [0.1, 0.15) is 0 Å². The Morgan fingerprint density at radius 1 is 1.31 bits per heavy atom. The Bertz CT molecular complexity index is 817. The van der Waals surface area contributed by atoms with Gasteiger partial charge in [0, 0.05) is 43.5 Å². The highest BCUT2D eigenvalue weighted by Crippen LogP contribution is 2.28. The average molecular weight is 379 g/mol. The van der Waals surface area contributed by atoms with E-state index in [1.54, 1.807) is 17.0 Å². The number of pyridine rings is 1. The maximum Gasteiger partial charge on any atom is 0.254 e.